The largest absolute Gasteiger partial charge is 0.391 e. The van der Waals surface area contributed by atoms with Gasteiger partial charge in [-0.05, 0) is 105 Å². The van der Waals surface area contributed by atoms with E-state index in [0.717, 1.165) is 55.4 Å². The van der Waals surface area contributed by atoms with E-state index in [4.69, 9.17) is 4.98 Å². The van der Waals surface area contributed by atoms with Crippen LogP contribution in [0.25, 0.3) is 32.5 Å². The summed E-state index contributed by atoms with van der Waals surface area (Å²) in [6.45, 7) is 17.8. The normalized spacial score (nSPS) is 16.4. The number of H-pyrrole nitrogens is 1. The number of rotatable bonds is 17. The Morgan fingerprint density at radius 2 is 1.57 bits per heavy atom. The summed E-state index contributed by atoms with van der Waals surface area (Å²) in [7, 11) is 0. The molecule has 4 aromatic heterocycles. The Hall–Kier alpha value is -7.25. The van der Waals surface area contributed by atoms with E-state index in [2.05, 4.69) is 35.9 Å². The van der Waals surface area contributed by atoms with Gasteiger partial charge in [-0.3, -0.25) is 33.4 Å². The number of anilines is 1. The van der Waals surface area contributed by atoms with Crippen molar-refractivity contribution in [3.8, 4) is 21.6 Å². The summed E-state index contributed by atoms with van der Waals surface area (Å²) in [5, 5.41) is 24.8. The van der Waals surface area contributed by atoms with Crippen LogP contribution in [0.2, 0.25) is 0 Å². The fraction of sp³-hybridized carbons (Fsp3) is 0.446. The van der Waals surface area contributed by atoms with Gasteiger partial charge in [-0.15, -0.1) is 11.3 Å². The molecule has 0 spiro atoms. The molecule has 19 heteroatoms. The first kappa shape index (κ1) is 54.0. The highest BCUT2D eigenvalue weighted by Crippen LogP contribution is 2.32. The minimum Gasteiger partial charge on any atom is -0.391 e. The third kappa shape index (κ3) is 12.6. The lowest BCUT2D eigenvalue weighted by atomic mass is 9.85. The number of nitrogens with zero attached hydrogens (tertiary/aromatic N) is 7. The maximum absolute atomic E-state index is 14.1. The van der Waals surface area contributed by atoms with Gasteiger partial charge in [0.15, 0.2) is 0 Å². The van der Waals surface area contributed by atoms with Gasteiger partial charge >= 0.3 is 0 Å². The highest BCUT2D eigenvalue weighted by atomic mass is 32.1. The van der Waals surface area contributed by atoms with Gasteiger partial charge in [-0.25, -0.2) is 9.97 Å². The average molecular weight is 1040 g/mol. The molecule has 0 aliphatic carbocycles. The number of aromatic nitrogens is 5. The van der Waals surface area contributed by atoms with E-state index in [-0.39, 0.29) is 74.1 Å². The second kappa shape index (κ2) is 23.1. The average Bonchev–Trinajstić information content (AvgIpc) is 4.13. The molecular weight excluding hydrogens is 971 g/mol. The lowest BCUT2D eigenvalue weighted by molar-refractivity contribution is -0.144. The quantitative estimate of drug-likeness (QED) is 0.0632. The molecule has 75 heavy (non-hydrogen) atoms. The number of aryl methyl sites for hydroxylation is 3. The molecule has 8 rings (SSSR count). The van der Waals surface area contributed by atoms with E-state index in [0.29, 0.717) is 55.5 Å². The first-order valence-electron chi connectivity index (χ1n) is 25.8. The second-order valence-electron chi connectivity index (χ2n) is 21.2. The molecule has 6 heterocycles. The number of hydrogen-bond donors (Lipinski definition) is 5. The molecule has 2 aliphatic heterocycles. The monoisotopic (exact) mass is 1040 g/mol. The summed E-state index contributed by atoms with van der Waals surface area (Å²) in [6, 6.07) is 15.7. The zero-order valence-electron chi connectivity index (χ0n) is 44.2. The van der Waals surface area contributed by atoms with Crippen molar-refractivity contribution in [2.75, 3.05) is 37.6 Å². The Morgan fingerprint density at radius 3 is 2.23 bits per heavy atom. The molecule has 18 nitrogen and oxygen atoms in total. The third-order valence-electron chi connectivity index (χ3n) is 14.2. The molecule has 5 amide bonds. The summed E-state index contributed by atoms with van der Waals surface area (Å²) in [6.07, 6.45) is 4.06. The van der Waals surface area contributed by atoms with Gasteiger partial charge in [0.25, 0.3) is 11.5 Å². The number of nitrogens with one attached hydrogen (secondary N) is 4. The number of carbonyl (C=O) groups excluding carboxylic acids is 5. The lowest BCUT2D eigenvalue weighted by Crippen LogP contribution is -2.57. The third-order valence-corrected chi connectivity index (χ3v) is 15.1. The van der Waals surface area contributed by atoms with Crippen molar-refractivity contribution in [2.45, 2.75) is 125 Å². The van der Waals surface area contributed by atoms with Gasteiger partial charge in [0.05, 0.1) is 39.5 Å². The van der Waals surface area contributed by atoms with Crippen molar-refractivity contribution < 1.29 is 29.1 Å². The van der Waals surface area contributed by atoms with Crippen molar-refractivity contribution >= 4 is 57.6 Å². The number of likely N-dealkylation sites (tertiary alicyclic amines) is 1. The van der Waals surface area contributed by atoms with Crippen LogP contribution in [0.4, 0.5) is 5.82 Å². The van der Waals surface area contributed by atoms with Crippen LogP contribution in [0.5, 0.6) is 0 Å². The molecule has 2 aliphatic rings. The van der Waals surface area contributed by atoms with Crippen LogP contribution >= 0.6 is 11.3 Å². The van der Waals surface area contributed by atoms with Crippen molar-refractivity contribution in [3.63, 3.8) is 0 Å². The highest BCUT2D eigenvalue weighted by molar-refractivity contribution is 7.13. The van der Waals surface area contributed by atoms with Crippen LogP contribution in [0.1, 0.15) is 111 Å². The molecule has 6 aromatic rings. The Bertz CT molecular complexity index is 3110. The number of aliphatic hydroxyl groups is 1. The zero-order chi connectivity index (χ0) is 53.7. The fourth-order valence-electron chi connectivity index (χ4n) is 9.94. The predicted molar refractivity (Wildman–Crippen MR) is 290 cm³/mol. The van der Waals surface area contributed by atoms with Crippen molar-refractivity contribution in [1.29, 1.82) is 0 Å². The molecule has 0 bridgehead atoms. The van der Waals surface area contributed by atoms with Gasteiger partial charge < -0.3 is 40.7 Å². The smallest absolute Gasteiger partial charge is 0.253 e. The summed E-state index contributed by atoms with van der Waals surface area (Å²) < 4.78 is 1.88. The van der Waals surface area contributed by atoms with Crippen molar-refractivity contribution in [2.24, 2.45) is 5.41 Å². The molecule has 3 atom stereocenters. The number of aliphatic hydroxyl groups excluding tert-OH is 1. The van der Waals surface area contributed by atoms with Crippen molar-refractivity contribution in [1.82, 2.24) is 50.5 Å². The van der Waals surface area contributed by atoms with Crippen LogP contribution in [0.3, 0.4) is 0 Å². The Balaban J connectivity index is 0.800. The van der Waals surface area contributed by atoms with Crippen LogP contribution in [0, 0.1) is 26.2 Å². The molecule has 2 fully saturated rings. The first-order chi connectivity index (χ1) is 35.7. The van der Waals surface area contributed by atoms with Crippen molar-refractivity contribution in [3.05, 3.63) is 116 Å². The molecule has 396 valence electrons. The van der Waals surface area contributed by atoms with E-state index in [1.165, 1.54) is 4.90 Å². The summed E-state index contributed by atoms with van der Waals surface area (Å²) in [4.78, 5) is 99.2. The van der Waals surface area contributed by atoms with Gasteiger partial charge in [0, 0.05) is 99.5 Å². The van der Waals surface area contributed by atoms with Gasteiger partial charge in [-0.2, -0.15) is 5.10 Å². The minimum atomic E-state index is -0.942. The van der Waals surface area contributed by atoms with Crippen LogP contribution < -0.4 is 26.4 Å². The Morgan fingerprint density at radius 1 is 0.853 bits per heavy atom. The summed E-state index contributed by atoms with van der Waals surface area (Å²) >= 11 is 1.57. The molecule has 2 aromatic carbocycles. The number of pyridine rings is 2. The van der Waals surface area contributed by atoms with E-state index >= 15 is 0 Å². The number of hydrogen-bond acceptors (Lipinski definition) is 12. The number of fused-ring (bicyclic) bond motifs is 1. The van der Waals surface area contributed by atoms with Gasteiger partial charge in [-0.1, -0.05) is 45.0 Å². The predicted octanol–water partition coefficient (Wildman–Crippen LogP) is 6.36. The molecule has 0 unspecified atom stereocenters. The van der Waals surface area contributed by atoms with E-state index in [9.17, 15) is 33.9 Å². The number of aromatic amines is 1. The second-order valence-corrected chi connectivity index (χ2v) is 22.0. The topological polar surface area (TPSA) is 228 Å². The maximum atomic E-state index is 14.1. The number of piperazine rings is 1. The summed E-state index contributed by atoms with van der Waals surface area (Å²) in [5.41, 5.74) is 8.71. The summed E-state index contributed by atoms with van der Waals surface area (Å²) in [5.74, 6) is -0.652. The number of amides is 5. The number of β-amino-alcohol motifs (C(OH)–C–C–N with tert-alkyl or cyclic N) is 1. The molecule has 2 saturated heterocycles. The lowest BCUT2D eigenvalue weighted by Gasteiger charge is -2.35. The fourth-order valence-corrected chi connectivity index (χ4v) is 10.8. The highest BCUT2D eigenvalue weighted by Gasteiger charge is 2.44. The molecule has 5 N–H and O–H groups in total. The number of carbonyl (C=O) groups is 5. The van der Waals surface area contributed by atoms with Gasteiger partial charge in [0.1, 0.15) is 17.9 Å². The van der Waals surface area contributed by atoms with E-state index in [1.807, 2.05) is 125 Å². The zero-order valence-corrected chi connectivity index (χ0v) is 45.0. The van der Waals surface area contributed by atoms with E-state index < -0.39 is 29.5 Å². The standard InChI is InChI=1S/C56H69N11O7S/c1-33(2)67-45-25-40(24-42(44(45)30-61-67)52(71)59-29-43-34(3)23-35(4)62-53(43)72)39-17-18-47(57-28-39)64-19-21-65(22-20-64)49(70)12-10-9-11-48(69)63-51(56(6,7)8)55(74)66-31-41(68)26-46(66)54(73)58-27-37-13-15-38(16-14-37)50-36(5)60-32-75-50/h13-18,23-25,28,30,32-33,41,46,51,68H,9-12,19-22,26-27,29,31H2,1-8H3,(H,58,73)(H,59,71)(H,62,72)(H,63,69)/t41-,46+,51-/m1/s1. The van der Waals surface area contributed by atoms with Crippen LogP contribution in [-0.4, -0.2) is 120 Å². The first-order valence-corrected chi connectivity index (χ1v) is 26.7. The molecular formula is C56H69N11O7S. The Labute approximate surface area is 441 Å². The Kier molecular flexibility index (Phi) is 16.6. The van der Waals surface area contributed by atoms with Crippen LogP contribution in [-0.2, 0) is 32.3 Å². The maximum Gasteiger partial charge on any atom is 0.253 e. The van der Waals surface area contributed by atoms with Crippen LogP contribution in [0.15, 0.2) is 77.3 Å². The SMILES string of the molecule is Cc1cc(C)c(CNC(=O)c2cc(-c3ccc(N4CCN(C(=O)CCCCC(=O)N[C@H](C(=O)N5C[C@H](O)C[C@H]5C(=O)NCc5ccc(-c6scnc6C)cc5)C(C)(C)C)CC4)nc3)cc3c2cnn3C(C)C)c(=O)[nH]1. The number of unbranched alkanes of at least 4 members (excludes halogenated alkanes) is 1. The molecule has 0 radical (unpaired) electrons. The minimum absolute atomic E-state index is 0.0118. The molecule has 0 saturated carbocycles. The van der Waals surface area contributed by atoms with Gasteiger partial charge in [0.2, 0.25) is 23.6 Å². The number of thiazole rings is 1. The number of benzene rings is 2. The van der Waals surface area contributed by atoms with E-state index in [1.54, 1.807) is 23.7 Å².